The summed E-state index contributed by atoms with van der Waals surface area (Å²) >= 11 is 0. The molecule has 0 heterocycles. The molecule has 0 spiro atoms. The highest BCUT2D eigenvalue weighted by Gasteiger charge is 2.26. The van der Waals surface area contributed by atoms with E-state index in [1.165, 1.54) is 6.07 Å². The topological polar surface area (TPSA) is 72.7 Å². The van der Waals surface area contributed by atoms with Gasteiger partial charge in [0.05, 0.1) is 0 Å². The Hall–Kier alpha value is -1.26. The molecule has 0 aliphatic rings. The van der Waals surface area contributed by atoms with Crippen LogP contribution in [0.1, 0.15) is 45.2 Å². The van der Waals surface area contributed by atoms with Gasteiger partial charge in [-0.1, -0.05) is 19.9 Å². The quantitative estimate of drug-likeness (QED) is 0.612. The number of benzene rings is 1. The maximum atomic E-state index is 9.81. The molecule has 0 saturated heterocycles. The third-order valence-electron chi connectivity index (χ3n) is 4.10. The van der Waals surface area contributed by atoms with Crippen LogP contribution in [0.5, 0.6) is 11.5 Å². The molecule has 1 unspecified atom stereocenters. The largest absolute Gasteiger partial charge is 0.508 e. The second-order valence-electron chi connectivity index (χ2n) is 5.21. The van der Waals surface area contributed by atoms with Crippen molar-refractivity contribution in [3.05, 3.63) is 23.8 Å². The zero-order chi connectivity index (χ0) is 14.5. The van der Waals surface area contributed by atoms with Crippen LogP contribution in [0.15, 0.2) is 18.2 Å². The second-order valence-corrected chi connectivity index (χ2v) is 5.21. The lowest BCUT2D eigenvalue weighted by molar-refractivity contribution is 0.110. The first-order valence-electron chi connectivity index (χ1n) is 6.84. The molecule has 19 heavy (non-hydrogen) atoms. The van der Waals surface area contributed by atoms with Crippen LogP contribution >= 0.6 is 0 Å². The molecule has 1 aromatic rings. The van der Waals surface area contributed by atoms with Gasteiger partial charge in [-0.05, 0) is 25.8 Å². The van der Waals surface area contributed by atoms with Gasteiger partial charge in [0.1, 0.15) is 11.5 Å². The van der Waals surface area contributed by atoms with Crippen molar-refractivity contribution in [2.24, 2.45) is 5.41 Å². The van der Waals surface area contributed by atoms with E-state index in [4.69, 9.17) is 0 Å². The van der Waals surface area contributed by atoms with Crippen molar-refractivity contribution in [3.8, 4) is 11.5 Å². The Kier molecular flexibility index (Phi) is 5.63. The van der Waals surface area contributed by atoms with E-state index in [0.29, 0.717) is 6.54 Å². The summed E-state index contributed by atoms with van der Waals surface area (Å²) < 4.78 is 0. The van der Waals surface area contributed by atoms with Crippen molar-refractivity contribution in [2.45, 2.75) is 39.7 Å². The second kappa shape index (κ2) is 6.78. The molecule has 1 atom stereocenters. The summed E-state index contributed by atoms with van der Waals surface area (Å²) in [6.07, 6.45) is 1.81. The minimum Gasteiger partial charge on any atom is -0.508 e. The van der Waals surface area contributed by atoms with Crippen LogP contribution in [-0.4, -0.2) is 28.5 Å². The Labute approximate surface area is 115 Å². The van der Waals surface area contributed by atoms with Crippen LogP contribution in [0.2, 0.25) is 0 Å². The number of aliphatic hydroxyl groups excluding tert-OH is 1. The monoisotopic (exact) mass is 267 g/mol. The summed E-state index contributed by atoms with van der Waals surface area (Å²) in [5.74, 6) is 0.142. The Morgan fingerprint density at radius 2 is 1.84 bits per heavy atom. The maximum absolute atomic E-state index is 9.81. The van der Waals surface area contributed by atoms with Crippen LogP contribution < -0.4 is 5.32 Å². The molecular formula is C15H25NO3. The molecule has 1 aromatic carbocycles. The summed E-state index contributed by atoms with van der Waals surface area (Å²) in [4.78, 5) is 0. The fourth-order valence-corrected chi connectivity index (χ4v) is 2.16. The number of aliphatic hydroxyl groups is 1. The minimum absolute atomic E-state index is 0.0374. The molecule has 4 heteroatoms. The molecule has 1 rings (SSSR count). The van der Waals surface area contributed by atoms with Crippen LogP contribution in [0.25, 0.3) is 0 Å². The molecule has 0 aliphatic heterocycles. The van der Waals surface area contributed by atoms with Crippen molar-refractivity contribution >= 4 is 0 Å². The van der Waals surface area contributed by atoms with Gasteiger partial charge >= 0.3 is 0 Å². The Morgan fingerprint density at radius 3 is 2.32 bits per heavy atom. The van der Waals surface area contributed by atoms with Gasteiger partial charge in [-0.3, -0.25) is 0 Å². The van der Waals surface area contributed by atoms with Gasteiger partial charge in [0.2, 0.25) is 0 Å². The standard InChI is InChI=1S/C15H25NO3/c1-4-15(5-2,10-17)9-16-11(3)13-7-6-12(18)8-14(13)19/h6-8,11,16-19H,4-5,9-10H2,1-3H3. The zero-order valence-electron chi connectivity index (χ0n) is 12.0. The number of hydrogen-bond acceptors (Lipinski definition) is 4. The van der Waals surface area contributed by atoms with Crippen LogP contribution in [0, 0.1) is 5.41 Å². The zero-order valence-corrected chi connectivity index (χ0v) is 12.0. The summed E-state index contributed by atoms with van der Waals surface area (Å²) in [6, 6.07) is 4.57. The van der Waals surface area contributed by atoms with Crippen LogP contribution in [-0.2, 0) is 0 Å². The molecule has 0 aliphatic carbocycles. The van der Waals surface area contributed by atoms with E-state index in [0.717, 1.165) is 18.4 Å². The summed E-state index contributed by atoms with van der Waals surface area (Å²) in [5, 5.41) is 32.0. The van der Waals surface area contributed by atoms with Gasteiger partial charge in [-0.15, -0.1) is 0 Å². The fourth-order valence-electron chi connectivity index (χ4n) is 2.16. The molecular weight excluding hydrogens is 242 g/mol. The number of hydrogen-bond donors (Lipinski definition) is 4. The van der Waals surface area contributed by atoms with E-state index < -0.39 is 0 Å². The highest BCUT2D eigenvalue weighted by atomic mass is 16.3. The number of phenolic OH excluding ortho intramolecular Hbond substituents is 2. The van der Waals surface area contributed by atoms with Crippen molar-refractivity contribution < 1.29 is 15.3 Å². The van der Waals surface area contributed by atoms with E-state index in [9.17, 15) is 15.3 Å². The smallest absolute Gasteiger partial charge is 0.124 e. The third kappa shape index (κ3) is 3.85. The first-order chi connectivity index (χ1) is 8.98. The Bertz CT molecular complexity index is 394. The highest BCUT2D eigenvalue weighted by Crippen LogP contribution is 2.30. The summed E-state index contributed by atoms with van der Waals surface area (Å²) in [6.45, 7) is 6.95. The summed E-state index contributed by atoms with van der Waals surface area (Å²) in [7, 11) is 0. The predicted molar refractivity (Wildman–Crippen MR) is 76.3 cm³/mol. The van der Waals surface area contributed by atoms with Crippen LogP contribution in [0.4, 0.5) is 0 Å². The van der Waals surface area contributed by atoms with Crippen molar-refractivity contribution in [3.63, 3.8) is 0 Å². The number of rotatable bonds is 7. The van der Waals surface area contributed by atoms with E-state index in [2.05, 4.69) is 19.2 Å². The first-order valence-corrected chi connectivity index (χ1v) is 6.84. The molecule has 4 nitrogen and oxygen atoms in total. The van der Waals surface area contributed by atoms with Crippen LogP contribution in [0.3, 0.4) is 0 Å². The van der Waals surface area contributed by atoms with E-state index >= 15 is 0 Å². The Morgan fingerprint density at radius 1 is 1.21 bits per heavy atom. The average Bonchev–Trinajstić information content (AvgIpc) is 2.40. The van der Waals surface area contributed by atoms with Gasteiger partial charge in [0.25, 0.3) is 0 Å². The lowest BCUT2D eigenvalue weighted by Crippen LogP contribution is -2.37. The molecule has 108 valence electrons. The normalized spacial score (nSPS) is 13.5. The van der Waals surface area contributed by atoms with Gasteiger partial charge in [0, 0.05) is 36.2 Å². The van der Waals surface area contributed by atoms with E-state index in [-0.39, 0.29) is 29.6 Å². The number of nitrogens with one attached hydrogen (secondary N) is 1. The lowest BCUT2D eigenvalue weighted by atomic mass is 9.83. The van der Waals surface area contributed by atoms with Gasteiger partial charge in [0.15, 0.2) is 0 Å². The molecule has 0 radical (unpaired) electrons. The Balaban J connectivity index is 2.72. The minimum atomic E-state index is -0.110. The average molecular weight is 267 g/mol. The van der Waals surface area contributed by atoms with Crippen molar-refractivity contribution in [1.82, 2.24) is 5.32 Å². The number of aromatic hydroxyl groups is 2. The molecule has 0 aromatic heterocycles. The van der Waals surface area contributed by atoms with Gasteiger partial charge < -0.3 is 20.6 Å². The molecule has 0 bridgehead atoms. The van der Waals surface area contributed by atoms with Crippen molar-refractivity contribution in [1.29, 1.82) is 0 Å². The lowest BCUT2D eigenvalue weighted by Gasteiger charge is -2.31. The summed E-state index contributed by atoms with van der Waals surface area (Å²) in [5.41, 5.74) is 0.637. The SMILES string of the molecule is CCC(CC)(CO)CNC(C)c1ccc(O)cc1O. The molecule has 0 amide bonds. The van der Waals surface area contributed by atoms with E-state index in [1.54, 1.807) is 12.1 Å². The van der Waals surface area contributed by atoms with Gasteiger partial charge in [-0.2, -0.15) is 0 Å². The molecule has 0 saturated carbocycles. The third-order valence-corrected chi connectivity index (χ3v) is 4.10. The maximum Gasteiger partial charge on any atom is 0.124 e. The first kappa shape index (κ1) is 15.8. The predicted octanol–water partition coefficient (Wildman–Crippen LogP) is 2.55. The molecule has 0 fully saturated rings. The van der Waals surface area contributed by atoms with Crippen molar-refractivity contribution in [2.75, 3.05) is 13.2 Å². The fraction of sp³-hybridized carbons (Fsp3) is 0.600. The van der Waals surface area contributed by atoms with E-state index in [1.807, 2.05) is 6.92 Å². The van der Waals surface area contributed by atoms with Gasteiger partial charge in [-0.25, -0.2) is 0 Å². The molecule has 4 N–H and O–H groups in total. The highest BCUT2D eigenvalue weighted by molar-refractivity contribution is 5.40. The number of phenols is 2.